The number of nitrogens with zero attached hydrogens (tertiary/aromatic N) is 1. The number of hydrogen-bond donors (Lipinski definition) is 4. The maximum Gasteiger partial charge on any atom is 0.126 e. The minimum Gasteiger partial charge on any atom is -0.395 e. The third-order valence-corrected chi connectivity index (χ3v) is 3.35. The number of nitrogens with one attached hydrogen (secondary N) is 1. The topological polar surface area (TPSA) is 93.6 Å². The lowest BCUT2D eigenvalue weighted by Crippen LogP contribution is -2.32. The van der Waals surface area contributed by atoms with Crippen molar-refractivity contribution in [2.24, 2.45) is 5.73 Å². The number of nitrogen functional groups attached to an aromatic ring is 1. The van der Waals surface area contributed by atoms with Crippen LogP contribution >= 0.6 is 11.8 Å². The molecule has 0 fully saturated rings. The number of aliphatic hydroxyl groups is 2. The molecule has 0 saturated heterocycles. The second kappa shape index (κ2) is 7.25. The average Bonchev–Trinajstić information content (AvgIpc) is 2.37. The second-order valence-electron chi connectivity index (χ2n) is 3.70. The lowest BCUT2D eigenvalue weighted by Gasteiger charge is -2.26. The Kier molecular flexibility index (Phi) is 5.97. The van der Waals surface area contributed by atoms with Gasteiger partial charge >= 0.3 is 0 Å². The van der Waals surface area contributed by atoms with Gasteiger partial charge in [-0.05, 0) is 18.4 Å². The Hall–Kier alpha value is -1.24. The summed E-state index contributed by atoms with van der Waals surface area (Å²) in [6, 6.07) is 5.64. The fourth-order valence-corrected chi connectivity index (χ4v) is 2.45. The van der Waals surface area contributed by atoms with Crippen LogP contribution in [0.1, 0.15) is 5.56 Å². The number of rotatable bonds is 7. The number of anilines is 1. The van der Waals surface area contributed by atoms with E-state index in [-0.39, 0.29) is 19.0 Å². The van der Waals surface area contributed by atoms with E-state index in [9.17, 15) is 0 Å². The van der Waals surface area contributed by atoms with Gasteiger partial charge in [0.15, 0.2) is 0 Å². The summed E-state index contributed by atoms with van der Waals surface area (Å²) in [5.74, 6) is -0.00386. The van der Waals surface area contributed by atoms with Gasteiger partial charge in [-0.25, -0.2) is 0 Å². The molecule has 0 aliphatic heterocycles. The molecule has 6 heteroatoms. The zero-order chi connectivity index (χ0) is 13.5. The van der Waals surface area contributed by atoms with E-state index < -0.39 is 0 Å². The number of aliphatic hydroxyl groups excluding tert-OH is 2. The number of nitrogens with two attached hydrogens (primary N) is 1. The Balaban J connectivity index is 3.23. The Morgan fingerprint density at radius 2 is 1.94 bits per heavy atom. The van der Waals surface area contributed by atoms with Gasteiger partial charge in [0.25, 0.3) is 0 Å². The second-order valence-corrected chi connectivity index (χ2v) is 4.55. The minimum atomic E-state index is -0.0131. The van der Waals surface area contributed by atoms with Crippen molar-refractivity contribution in [2.75, 3.05) is 37.5 Å². The maximum absolute atomic E-state index is 9.07. The van der Waals surface area contributed by atoms with Crippen molar-refractivity contribution in [3.63, 3.8) is 0 Å². The molecular formula is C12H19N3O2S. The average molecular weight is 269 g/mol. The molecule has 0 bridgehead atoms. The quantitative estimate of drug-likeness (QED) is 0.328. The number of amidine groups is 1. The van der Waals surface area contributed by atoms with Crippen molar-refractivity contribution in [3.05, 3.63) is 23.8 Å². The summed E-state index contributed by atoms with van der Waals surface area (Å²) in [7, 11) is 0. The number of benzene rings is 1. The summed E-state index contributed by atoms with van der Waals surface area (Å²) < 4.78 is 0. The lowest BCUT2D eigenvalue weighted by molar-refractivity contribution is 0.281. The lowest BCUT2D eigenvalue weighted by atomic mass is 10.1. The van der Waals surface area contributed by atoms with Gasteiger partial charge in [-0.15, -0.1) is 11.8 Å². The highest BCUT2D eigenvalue weighted by Gasteiger charge is 2.15. The van der Waals surface area contributed by atoms with Crippen LogP contribution in [0.25, 0.3) is 0 Å². The molecule has 0 heterocycles. The Morgan fingerprint density at radius 1 is 1.33 bits per heavy atom. The minimum absolute atomic E-state index is 0.00386. The van der Waals surface area contributed by atoms with Gasteiger partial charge in [0.1, 0.15) is 5.84 Å². The van der Waals surface area contributed by atoms with Crippen molar-refractivity contribution < 1.29 is 10.2 Å². The van der Waals surface area contributed by atoms with E-state index in [1.54, 1.807) is 0 Å². The molecule has 0 saturated carbocycles. The van der Waals surface area contributed by atoms with Crippen molar-refractivity contribution in [2.45, 2.75) is 4.90 Å². The Morgan fingerprint density at radius 3 is 2.39 bits per heavy atom. The first-order chi connectivity index (χ1) is 8.65. The largest absolute Gasteiger partial charge is 0.395 e. The normalized spacial score (nSPS) is 10.4. The van der Waals surface area contributed by atoms with Gasteiger partial charge in [-0.1, -0.05) is 6.07 Å². The van der Waals surface area contributed by atoms with Crippen LogP contribution in [0, 0.1) is 5.41 Å². The van der Waals surface area contributed by atoms with Crippen LogP contribution in [0.5, 0.6) is 0 Å². The summed E-state index contributed by atoms with van der Waals surface area (Å²) in [5, 5.41) is 25.8. The first kappa shape index (κ1) is 14.8. The molecular weight excluding hydrogens is 250 g/mol. The molecule has 0 aliphatic rings. The standard InChI is InChI=1S/C12H19N3O2S/c1-18-10-4-2-3-9(11(10)12(13)14)15(5-7-16)6-8-17/h2-4,16-17H,5-8H2,1H3,(H3,13,14). The number of thioether (sulfide) groups is 1. The zero-order valence-corrected chi connectivity index (χ0v) is 11.2. The van der Waals surface area contributed by atoms with Crippen LogP contribution in [0.15, 0.2) is 23.1 Å². The summed E-state index contributed by atoms with van der Waals surface area (Å²) in [5.41, 5.74) is 7.07. The van der Waals surface area contributed by atoms with Crippen LogP contribution in [0.3, 0.4) is 0 Å². The number of hydrogen-bond acceptors (Lipinski definition) is 5. The summed E-state index contributed by atoms with van der Waals surface area (Å²) in [4.78, 5) is 2.75. The molecule has 5 N–H and O–H groups in total. The van der Waals surface area contributed by atoms with Crippen molar-refractivity contribution in [3.8, 4) is 0 Å². The first-order valence-corrected chi connectivity index (χ1v) is 6.86. The van der Waals surface area contributed by atoms with Crippen molar-refractivity contribution >= 4 is 23.3 Å². The van der Waals surface area contributed by atoms with Gasteiger partial charge in [0, 0.05) is 23.7 Å². The zero-order valence-electron chi connectivity index (χ0n) is 10.4. The SMILES string of the molecule is CSc1cccc(N(CCO)CCO)c1C(=N)N. The smallest absolute Gasteiger partial charge is 0.126 e. The highest BCUT2D eigenvalue weighted by Crippen LogP contribution is 2.29. The maximum atomic E-state index is 9.07. The predicted molar refractivity (Wildman–Crippen MR) is 75.6 cm³/mol. The molecule has 1 aromatic rings. The highest BCUT2D eigenvalue weighted by molar-refractivity contribution is 7.98. The van der Waals surface area contributed by atoms with Crippen LogP contribution in [-0.2, 0) is 0 Å². The molecule has 1 rings (SSSR count). The molecule has 0 unspecified atom stereocenters. The van der Waals surface area contributed by atoms with Gasteiger partial charge < -0.3 is 20.8 Å². The molecule has 18 heavy (non-hydrogen) atoms. The first-order valence-electron chi connectivity index (χ1n) is 5.63. The van der Waals surface area contributed by atoms with Gasteiger partial charge in [0.05, 0.1) is 18.8 Å². The van der Waals surface area contributed by atoms with Gasteiger partial charge in [-0.3, -0.25) is 5.41 Å². The van der Waals surface area contributed by atoms with Crippen LogP contribution in [0.2, 0.25) is 0 Å². The summed E-state index contributed by atoms with van der Waals surface area (Å²) in [6.07, 6.45) is 1.92. The fraction of sp³-hybridized carbons (Fsp3) is 0.417. The molecule has 5 nitrogen and oxygen atoms in total. The molecule has 0 aromatic heterocycles. The summed E-state index contributed by atoms with van der Waals surface area (Å²) >= 11 is 1.52. The van der Waals surface area contributed by atoms with E-state index >= 15 is 0 Å². The molecule has 1 aromatic carbocycles. The molecule has 100 valence electrons. The van der Waals surface area contributed by atoms with E-state index in [1.165, 1.54) is 11.8 Å². The van der Waals surface area contributed by atoms with E-state index in [1.807, 2.05) is 29.4 Å². The third-order valence-electron chi connectivity index (χ3n) is 2.57. The van der Waals surface area contributed by atoms with E-state index in [0.717, 1.165) is 10.6 Å². The van der Waals surface area contributed by atoms with E-state index in [0.29, 0.717) is 18.7 Å². The predicted octanol–water partition coefficient (Wildman–Crippen LogP) is 0.484. The molecule has 0 aliphatic carbocycles. The Labute approximate surface area is 111 Å². The van der Waals surface area contributed by atoms with Gasteiger partial charge in [0.2, 0.25) is 0 Å². The molecule has 0 atom stereocenters. The molecule has 0 spiro atoms. The monoisotopic (exact) mass is 269 g/mol. The Bertz CT molecular complexity index is 406. The van der Waals surface area contributed by atoms with E-state index in [4.69, 9.17) is 21.4 Å². The fourth-order valence-electron chi connectivity index (χ4n) is 1.82. The van der Waals surface area contributed by atoms with Crippen LogP contribution < -0.4 is 10.6 Å². The molecule has 0 radical (unpaired) electrons. The van der Waals surface area contributed by atoms with Crippen LogP contribution in [0.4, 0.5) is 5.69 Å². The van der Waals surface area contributed by atoms with E-state index in [2.05, 4.69) is 0 Å². The van der Waals surface area contributed by atoms with Crippen molar-refractivity contribution in [1.82, 2.24) is 0 Å². The van der Waals surface area contributed by atoms with Crippen molar-refractivity contribution in [1.29, 1.82) is 5.41 Å². The van der Waals surface area contributed by atoms with Crippen LogP contribution in [-0.4, -0.2) is 48.6 Å². The third kappa shape index (κ3) is 3.38. The van der Waals surface area contributed by atoms with Gasteiger partial charge in [-0.2, -0.15) is 0 Å². The summed E-state index contributed by atoms with van der Waals surface area (Å²) in [6.45, 7) is 0.777. The highest BCUT2D eigenvalue weighted by atomic mass is 32.2. The molecule has 0 amide bonds.